The zero-order valence-corrected chi connectivity index (χ0v) is 25.8. The Balaban J connectivity index is 3.88. The molecule has 0 bridgehead atoms. The fraction of sp³-hybridized carbons (Fsp3) is 1.00. The summed E-state index contributed by atoms with van der Waals surface area (Å²) in [7, 11) is 0. The van der Waals surface area contributed by atoms with Crippen LogP contribution in [0.5, 0.6) is 0 Å². The van der Waals surface area contributed by atoms with Crippen molar-refractivity contribution in [1.82, 2.24) is 0 Å². The second kappa shape index (κ2) is 35.8. The molecule has 0 aliphatic heterocycles. The van der Waals surface area contributed by atoms with Crippen molar-refractivity contribution in [3.05, 3.63) is 0 Å². The van der Waals surface area contributed by atoms with Gasteiger partial charge in [0.1, 0.15) is 6.10 Å². The summed E-state index contributed by atoms with van der Waals surface area (Å²) in [5, 5.41) is 26.5. The third-order valence-electron chi connectivity index (χ3n) is 7.41. The van der Waals surface area contributed by atoms with E-state index in [9.17, 15) is 0 Å². The summed E-state index contributed by atoms with van der Waals surface area (Å²) >= 11 is 0. The van der Waals surface area contributed by atoms with Crippen molar-refractivity contribution in [2.75, 3.05) is 52.9 Å². The van der Waals surface area contributed by atoms with Crippen LogP contribution in [-0.4, -0.2) is 74.3 Å². The maximum atomic E-state index is 8.85. The summed E-state index contributed by atoms with van der Waals surface area (Å²) in [6, 6.07) is 0. The van der Waals surface area contributed by atoms with Gasteiger partial charge < -0.3 is 29.5 Å². The minimum atomic E-state index is 0.0292. The van der Waals surface area contributed by atoms with Crippen molar-refractivity contribution in [1.29, 1.82) is 0 Å². The lowest BCUT2D eigenvalue weighted by atomic mass is 10.1. The summed E-state index contributed by atoms with van der Waals surface area (Å²) in [4.78, 5) is 0. The fourth-order valence-corrected chi connectivity index (χ4v) is 4.85. The first-order chi connectivity index (χ1) is 19.3. The van der Waals surface area contributed by atoms with E-state index < -0.39 is 0 Å². The molecular formula is C33H68O6. The molecule has 236 valence electrons. The Morgan fingerprint density at radius 2 is 0.564 bits per heavy atom. The lowest BCUT2D eigenvalue weighted by Gasteiger charge is -2.18. The van der Waals surface area contributed by atoms with E-state index in [1.165, 1.54) is 96.3 Å². The number of ether oxygens (including phenoxy) is 3. The van der Waals surface area contributed by atoms with Crippen molar-refractivity contribution in [2.45, 2.75) is 160 Å². The fourth-order valence-electron chi connectivity index (χ4n) is 4.85. The second-order valence-electron chi connectivity index (χ2n) is 11.3. The third kappa shape index (κ3) is 33.9. The van der Waals surface area contributed by atoms with E-state index in [0.29, 0.717) is 33.0 Å². The lowest BCUT2D eigenvalue weighted by Crippen LogP contribution is -2.26. The molecule has 0 aliphatic rings. The molecule has 0 aromatic rings. The van der Waals surface area contributed by atoms with E-state index in [-0.39, 0.29) is 6.10 Å². The van der Waals surface area contributed by atoms with E-state index in [4.69, 9.17) is 29.5 Å². The molecule has 0 heterocycles. The number of rotatable bonds is 35. The molecule has 0 unspecified atom stereocenters. The van der Waals surface area contributed by atoms with Gasteiger partial charge >= 0.3 is 0 Å². The van der Waals surface area contributed by atoms with Gasteiger partial charge in [0.05, 0.1) is 13.2 Å². The van der Waals surface area contributed by atoms with Crippen LogP contribution < -0.4 is 0 Å². The van der Waals surface area contributed by atoms with E-state index in [0.717, 1.165) is 77.6 Å². The highest BCUT2D eigenvalue weighted by Crippen LogP contribution is 2.11. The van der Waals surface area contributed by atoms with Gasteiger partial charge in [-0.2, -0.15) is 0 Å². The molecule has 6 heteroatoms. The molecule has 0 aromatic carbocycles. The molecular weight excluding hydrogens is 492 g/mol. The van der Waals surface area contributed by atoms with E-state index in [1.54, 1.807) is 0 Å². The maximum Gasteiger partial charge on any atom is 0.104 e. The highest BCUT2D eigenvalue weighted by atomic mass is 16.6. The van der Waals surface area contributed by atoms with Crippen LogP contribution in [-0.2, 0) is 14.2 Å². The minimum absolute atomic E-state index is 0.0292. The van der Waals surface area contributed by atoms with Gasteiger partial charge in [-0.25, -0.2) is 0 Å². The van der Waals surface area contributed by atoms with Gasteiger partial charge in [0.25, 0.3) is 0 Å². The average molecular weight is 561 g/mol. The summed E-state index contributed by atoms with van der Waals surface area (Å²) in [5.41, 5.74) is 0. The molecule has 0 amide bonds. The minimum Gasteiger partial charge on any atom is -0.396 e. The molecule has 0 saturated carbocycles. The topological polar surface area (TPSA) is 88.4 Å². The van der Waals surface area contributed by atoms with Crippen LogP contribution in [0.1, 0.15) is 154 Å². The molecule has 0 fully saturated rings. The van der Waals surface area contributed by atoms with Gasteiger partial charge in [-0.15, -0.1) is 0 Å². The Hall–Kier alpha value is -0.240. The Kier molecular flexibility index (Phi) is 35.6. The zero-order valence-electron chi connectivity index (χ0n) is 25.8. The van der Waals surface area contributed by atoms with Gasteiger partial charge in [0.2, 0.25) is 0 Å². The summed E-state index contributed by atoms with van der Waals surface area (Å²) in [6.07, 6.45) is 28.5. The number of hydrogen-bond acceptors (Lipinski definition) is 6. The van der Waals surface area contributed by atoms with Gasteiger partial charge in [0.15, 0.2) is 0 Å². The molecule has 6 nitrogen and oxygen atoms in total. The first-order valence-electron chi connectivity index (χ1n) is 16.9. The van der Waals surface area contributed by atoms with Crippen molar-refractivity contribution in [3.8, 4) is 0 Å². The molecule has 0 atom stereocenters. The molecule has 0 radical (unpaired) electrons. The first-order valence-corrected chi connectivity index (χ1v) is 16.9. The highest BCUT2D eigenvalue weighted by Gasteiger charge is 2.10. The van der Waals surface area contributed by atoms with Crippen molar-refractivity contribution in [2.24, 2.45) is 0 Å². The molecule has 0 rings (SSSR count). The van der Waals surface area contributed by atoms with Crippen LogP contribution in [0, 0.1) is 0 Å². The second-order valence-corrected chi connectivity index (χ2v) is 11.3. The number of aliphatic hydroxyl groups is 3. The summed E-state index contributed by atoms with van der Waals surface area (Å²) in [6.45, 7) is 4.62. The van der Waals surface area contributed by atoms with Gasteiger partial charge in [-0.1, -0.05) is 116 Å². The van der Waals surface area contributed by atoms with E-state index in [1.807, 2.05) is 0 Å². The first kappa shape index (κ1) is 38.8. The van der Waals surface area contributed by atoms with Crippen LogP contribution in [0.3, 0.4) is 0 Å². The van der Waals surface area contributed by atoms with Crippen LogP contribution >= 0.6 is 0 Å². The van der Waals surface area contributed by atoms with Crippen LogP contribution in [0.4, 0.5) is 0 Å². The largest absolute Gasteiger partial charge is 0.396 e. The molecule has 3 N–H and O–H groups in total. The molecule has 39 heavy (non-hydrogen) atoms. The monoisotopic (exact) mass is 561 g/mol. The molecule has 0 spiro atoms. The third-order valence-corrected chi connectivity index (χ3v) is 7.41. The lowest BCUT2D eigenvalue weighted by molar-refractivity contribution is -0.0616. The maximum absolute atomic E-state index is 8.85. The van der Waals surface area contributed by atoms with Gasteiger partial charge in [-0.05, 0) is 38.5 Å². The standard InChI is InChI=1S/C33H68O6/c34-25-19-13-7-1-4-10-16-22-28-37-31-33(39-30-24-18-12-6-3-9-15-21-27-36)32-38-29-23-17-11-5-2-8-14-20-26-35/h33-36H,1-32H2. The Labute approximate surface area is 242 Å². The SMILES string of the molecule is OCCCCCCCCCCOCC(COCCCCCCCCCCO)OCCCCCCCCCCO. The Bertz CT molecular complexity index is 397. The van der Waals surface area contributed by atoms with Crippen LogP contribution in [0.15, 0.2) is 0 Å². The normalized spacial score (nSPS) is 11.7. The van der Waals surface area contributed by atoms with Crippen molar-refractivity contribution < 1.29 is 29.5 Å². The van der Waals surface area contributed by atoms with E-state index in [2.05, 4.69) is 0 Å². The van der Waals surface area contributed by atoms with Crippen LogP contribution in [0.25, 0.3) is 0 Å². The van der Waals surface area contributed by atoms with Gasteiger partial charge in [0, 0.05) is 39.6 Å². The molecule has 0 aliphatic carbocycles. The van der Waals surface area contributed by atoms with Crippen molar-refractivity contribution >= 4 is 0 Å². The molecule has 0 saturated heterocycles. The predicted molar refractivity (Wildman–Crippen MR) is 163 cm³/mol. The van der Waals surface area contributed by atoms with Crippen LogP contribution in [0.2, 0.25) is 0 Å². The zero-order chi connectivity index (χ0) is 28.3. The van der Waals surface area contributed by atoms with Gasteiger partial charge in [-0.3, -0.25) is 0 Å². The average Bonchev–Trinajstić information content (AvgIpc) is 2.95. The predicted octanol–water partition coefficient (Wildman–Crippen LogP) is 7.74. The van der Waals surface area contributed by atoms with Crippen molar-refractivity contribution in [3.63, 3.8) is 0 Å². The Morgan fingerprint density at radius 1 is 0.308 bits per heavy atom. The number of aliphatic hydroxyl groups excluding tert-OH is 3. The molecule has 0 aromatic heterocycles. The number of hydrogen-bond donors (Lipinski definition) is 3. The highest BCUT2D eigenvalue weighted by molar-refractivity contribution is 4.57. The van der Waals surface area contributed by atoms with E-state index >= 15 is 0 Å². The summed E-state index contributed by atoms with van der Waals surface area (Å²) < 4.78 is 18.1. The Morgan fingerprint density at radius 3 is 0.872 bits per heavy atom. The smallest absolute Gasteiger partial charge is 0.104 e. The quantitative estimate of drug-likeness (QED) is 0.0687. The summed E-state index contributed by atoms with van der Waals surface area (Å²) in [5.74, 6) is 0. The number of unbranched alkanes of at least 4 members (excludes halogenated alkanes) is 21.